The maximum Gasteiger partial charge on any atom is 0.416 e. The number of rotatable bonds is 14. The molecule has 0 saturated carbocycles. The van der Waals surface area contributed by atoms with Crippen molar-refractivity contribution in [2.24, 2.45) is 0 Å². The Labute approximate surface area is 423 Å². The molecule has 4 aromatic rings. The molecule has 6 amide bonds. The minimum absolute atomic E-state index is 0.00985. The van der Waals surface area contributed by atoms with Crippen LogP contribution in [0.5, 0.6) is 0 Å². The van der Waals surface area contributed by atoms with Gasteiger partial charge in [0.1, 0.15) is 0 Å². The fourth-order valence-electron chi connectivity index (χ4n) is 9.97. The molecule has 0 aromatic heterocycles. The maximum absolute atomic E-state index is 14.9. The van der Waals surface area contributed by atoms with E-state index in [0.29, 0.717) is 52.7 Å². The fourth-order valence-corrected chi connectivity index (χ4v) is 9.97. The minimum Gasteiger partial charge on any atom is -0.554 e. The van der Waals surface area contributed by atoms with Crippen molar-refractivity contribution < 1.29 is 59.9 Å². The summed E-state index contributed by atoms with van der Waals surface area (Å²) in [6, 6.07) is 22.8. The summed E-state index contributed by atoms with van der Waals surface area (Å²) < 4.78 is 84.6. The highest BCUT2D eigenvalue weighted by Gasteiger charge is 2.50. The molecule has 4 aliphatic heterocycles. The molecule has 0 spiro atoms. The first kappa shape index (κ1) is 53.6. The zero-order valence-corrected chi connectivity index (χ0v) is 40.8. The molecule has 0 radical (unpaired) electrons. The Balaban J connectivity index is 0.00000260. The van der Waals surface area contributed by atoms with Crippen LogP contribution in [-0.2, 0) is 26.7 Å². The predicted octanol–water partition coefficient (Wildman–Crippen LogP) is 7.59. The van der Waals surface area contributed by atoms with Crippen molar-refractivity contribution in [1.82, 2.24) is 19.6 Å². The zero-order chi connectivity index (χ0) is 53.9. The standard InChI is InChI=1S/C52H50F6N9O4.CH2O2/c1-5-61-31-41-43(47(61)68)45(35-19-15-33(29-59)16-20-35)63(49(70)65(41)39-13-7-11-37(27-39)51(53,54)55)23-9-25-67(3,4)26-10-24-64-46(36-21-17-34(30-60)18-22-36)44-42(32-62(6-2)48(44)69)66(50(64)71)40-14-8-12-38(28-40)52(56,57)58;2-1-3/h7-8,11-22,27-28,45-46H,5-6,9-10,23-26,31-32H2,1-4H3;1H,(H,2,3)/q+1;/p-1/t45-,46-;/m1./s1. The Morgan fingerprint density at radius 3 is 1.28 bits per heavy atom. The van der Waals surface area contributed by atoms with Gasteiger partial charge in [0.25, 0.3) is 11.8 Å². The van der Waals surface area contributed by atoms with E-state index in [0.717, 1.165) is 24.3 Å². The molecule has 15 nitrogen and oxygen atoms in total. The lowest BCUT2D eigenvalue weighted by Crippen LogP contribution is -2.52. The first-order chi connectivity index (χ1) is 35.1. The lowest BCUT2D eigenvalue weighted by atomic mass is 9.92. The van der Waals surface area contributed by atoms with E-state index in [-0.39, 0.29) is 85.0 Å². The average Bonchev–Trinajstić information content (AvgIpc) is 3.88. The molecule has 0 fully saturated rings. The van der Waals surface area contributed by atoms with E-state index in [1.807, 2.05) is 14.1 Å². The minimum atomic E-state index is -4.71. The van der Waals surface area contributed by atoms with E-state index >= 15 is 0 Å². The molecule has 8 rings (SSSR count). The van der Waals surface area contributed by atoms with Gasteiger partial charge in [-0.2, -0.15) is 36.9 Å². The third kappa shape index (κ3) is 10.6. The van der Waals surface area contributed by atoms with Crippen LogP contribution < -0.4 is 14.9 Å². The number of alkyl halides is 6. The lowest BCUT2D eigenvalue weighted by molar-refractivity contribution is -0.890. The van der Waals surface area contributed by atoms with Crippen molar-refractivity contribution in [2.75, 3.05) is 76.3 Å². The molecular formula is C53H51F6N9O6. The van der Waals surface area contributed by atoms with Gasteiger partial charge in [-0.25, -0.2) is 9.59 Å². The fraction of sp³-hybridized carbons (Fsp3) is 0.340. The normalized spacial score (nSPS) is 18.1. The SMILES string of the molecule is CCN1CC2=C(C1=O)[C@@H](c1ccc(C#N)cc1)N(CCC[N+](C)(C)CCCN1C(=O)N(c3cccc(C(F)(F)F)c3)C3=C(C(=O)N(CC)C3)[C@H]1c1ccc(C#N)cc1)C(=O)N2c1cccc(C(F)(F)F)c1.O=C[O-]. The summed E-state index contributed by atoms with van der Waals surface area (Å²) in [5.41, 5.74) is 0.768. The second-order valence-electron chi connectivity index (χ2n) is 18.5. The number of carbonyl (C=O) groups is 5. The van der Waals surface area contributed by atoms with Gasteiger partial charge in [0.2, 0.25) is 0 Å². The summed E-state index contributed by atoms with van der Waals surface area (Å²) in [6.45, 7) is 4.53. The molecule has 4 aromatic carbocycles. The van der Waals surface area contributed by atoms with Crippen LogP contribution in [0.25, 0.3) is 0 Å². The molecule has 4 aliphatic rings. The predicted molar refractivity (Wildman–Crippen MR) is 256 cm³/mol. The van der Waals surface area contributed by atoms with Gasteiger partial charge in [-0.3, -0.25) is 19.4 Å². The van der Waals surface area contributed by atoms with E-state index in [1.54, 1.807) is 62.4 Å². The van der Waals surface area contributed by atoms with Gasteiger partial charge < -0.3 is 34.0 Å². The number of carboxylic acid groups (broad SMARTS) is 1. The molecule has 74 heavy (non-hydrogen) atoms. The van der Waals surface area contributed by atoms with Gasteiger partial charge in [-0.1, -0.05) is 36.4 Å². The third-order valence-corrected chi connectivity index (χ3v) is 13.6. The van der Waals surface area contributed by atoms with Crippen molar-refractivity contribution in [2.45, 2.75) is 51.1 Å². The van der Waals surface area contributed by atoms with Crippen LogP contribution in [0.3, 0.4) is 0 Å². The van der Waals surface area contributed by atoms with Gasteiger partial charge in [0, 0.05) is 45.5 Å². The number of likely N-dealkylation sites (N-methyl/N-ethyl adjacent to an activating group) is 2. The highest BCUT2D eigenvalue weighted by molar-refractivity contribution is 6.08. The lowest BCUT2D eigenvalue weighted by Gasteiger charge is -2.43. The number of benzene rings is 4. The Kier molecular flexibility index (Phi) is 15.6. The highest BCUT2D eigenvalue weighted by atomic mass is 19.4. The Morgan fingerprint density at radius 2 is 0.973 bits per heavy atom. The van der Waals surface area contributed by atoms with Crippen molar-refractivity contribution in [3.63, 3.8) is 0 Å². The number of amides is 6. The number of carbonyl (C=O) groups excluding carboxylic acids is 5. The Bertz CT molecular complexity index is 2780. The third-order valence-electron chi connectivity index (χ3n) is 13.6. The molecule has 2 atom stereocenters. The van der Waals surface area contributed by atoms with Crippen LogP contribution in [0.4, 0.5) is 47.3 Å². The summed E-state index contributed by atoms with van der Waals surface area (Å²) in [5, 5.41) is 27.4. The number of hydrogen-bond donors (Lipinski definition) is 0. The largest absolute Gasteiger partial charge is 0.554 e. The van der Waals surface area contributed by atoms with Gasteiger partial charge in [-0.05, 0) is 85.6 Å². The van der Waals surface area contributed by atoms with Crippen molar-refractivity contribution in [3.8, 4) is 12.1 Å². The quantitative estimate of drug-likeness (QED) is 0.0706. The number of anilines is 2. The van der Waals surface area contributed by atoms with E-state index in [9.17, 15) is 56.0 Å². The van der Waals surface area contributed by atoms with Crippen LogP contribution >= 0.6 is 0 Å². The molecule has 0 saturated heterocycles. The second kappa shape index (κ2) is 21.5. The van der Waals surface area contributed by atoms with E-state index in [2.05, 4.69) is 12.1 Å². The molecule has 0 aliphatic carbocycles. The van der Waals surface area contributed by atoms with Crippen molar-refractivity contribution >= 4 is 41.7 Å². The molecule has 0 bridgehead atoms. The summed E-state index contributed by atoms with van der Waals surface area (Å²) in [4.78, 5) is 74.8. The first-order valence-corrected chi connectivity index (χ1v) is 23.6. The molecule has 4 heterocycles. The van der Waals surface area contributed by atoms with Gasteiger partial charge in [0.15, 0.2) is 0 Å². The van der Waals surface area contributed by atoms with Crippen LogP contribution in [0, 0.1) is 22.7 Å². The van der Waals surface area contributed by atoms with Crippen LogP contribution in [0.2, 0.25) is 0 Å². The van der Waals surface area contributed by atoms with E-state index < -0.39 is 54.1 Å². The van der Waals surface area contributed by atoms with E-state index in [1.165, 1.54) is 53.7 Å². The number of halogens is 6. The van der Waals surface area contributed by atoms with E-state index in [4.69, 9.17) is 9.90 Å². The van der Waals surface area contributed by atoms with Crippen molar-refractivity contribution in [1.29, 1.82) is 10.5 Å². The van der Waals surface area contributed by atoms with Crippen LogP contribution in [0.15, 0.2) is 120 Å². The Morgan fingerprint density at radius 1 is 0.622 bits per heavy atom. The highest BCUT2D eigenvalue weighted by Crippen LogP contribution is 2.46. The summed E-state index contributed by atoms with van der Waals surface area (Å²) >= 11 is 0. The molecular weight excluding hydrogens is 973 g/mol. The van der Waals surface area contributed by atoms with Gasteiger partial charge >= 0.3 is 24.4 Å². The molecule has 0 unspecified atom stereocenters. The van der Waals surface area contributed by atoms with Gasteiger partial charge in [0.05, 0.1) is 121 Å². The average molecular weight is 1020 g/mol. The van der Waals surface area contributed by atoms with Crippen LogP contribution in [0.1, 0.15) is 72.2 Å². The molecule has 0 N–H and O–H groups in total. The van der Waals surface area contributed by atoms with Crippen LogP contribution in [-0.4, -0.2) is 121 Å². The van der Waals surface area contributed by atoms with Gasteiger partial charge in [-0.15, -0.1) is 0 Å². The second-order valence-corrected chi connectivity index (χ2v) is 18.5. The number of nitriles is 2. The first-order valence-electron chi connectivity index (χ1n) is 23.6. The summed E-state index contributed by atoms with van der Waals surface area (Å²) in [6.07, 6.45) is -8.74. The number of quaternary nitrogens is 1. The number of urea groups is 2. The topological polar surface area (TPSA) is 175 Å². The monoisotopic (exact) mass is 1020 g/mol. The number of nitrogens with zero attached hydrogens (tertiary/aromatic N) is 9. The molecule has 21 heteroatoms. The zero-order valence-electron chi connectivity index (χ0n) is 40.8. The smallest absolute Gasteiger partial charge is 0.416 e. The van der Waals surface area contributed by atoms with Crippen molar-refractivity contribution in [3.05, 3.63) is 153 Å². The Hall–Kier alpha value is -8.17. The maximum atomic E-state index is 14.9. The molecule has 386 valence electrons. The number of hydrogen-bond acceptors (Lipinski definition) is 8. The summed E-state index contributed by atoms with van der Waals surface area (Å²) in [5.74, 6) is -0.740. The summed E-state index contributed by atoms with van der Waals surface area (Å²) in [7, 11) is 3.88.